The van der Waals surface area contributed by atoms with Gasteiger partial charge in [-0.15, -0.1) is 0 Å². The van der Waals surface area contributed by atoms with Crippen molar-refractivity contribution in [3.05, 3.63) is 69.9 Å². The Morgan fingerprint density at radius 3 is 2.39 bits per heavy atom. The second kappa shape index (κ2) is 7.56. The molecule has 31 heavy (non-hydrogen) atoms. The van der Waals surface area contributed by atoms with E-state index in [1.807, 2.05) is 24.8 Å². The number of hydrogen-bond acceptors (Lipinski definition) is 3. The number of nitrogens with zero attached hydrogens (tertiary/aromatic N) is 2. The highest BCUT2D eigenvalue weighted by atomic mass is 16.3. The molecule has 1 aliphatic heterocycles. The number of fused-ring (bicyclic) bond motifs is 1. The quantitative estimate of drug-likeness (QED) is 0.576. The summed E-state index contributed by atoms with van der Waals surface area (Å²) in [7, 11) is 0. The van der Waals surface area contributed by atoms with E-state index in [4.69, 9.17) is 0 Å². The van der Waals surface area contributed by atoms with Crippen LogP contribution in [0, 0.1) is 13.8 Å². The number of hydrogen-bond donors (Lipinski definition) is 2. The van der Waals surface area contributed by atoms with Gasteiger partial charge in [-0.25, -0.2) is 0 Å². The SMILES string of the molecule is CCCN1C(=O)c2[nH]nc(-c3c(C)cc(C)cc3O)c2C1c1ccc(C(C)(C)C)cc1. The van der Waals surface area contributed by atoms with Gasteiger partial charge in [-0.2, -0.15) is 5.10 Å². The maximum Gasteiger partial charge on any atom is 0.273 e. The molecule has 1 atom stereocenters. The smallest absolute Gasteiger partial charge is 0.273 e. The first-order valence-corrected chi connectivity index (χ1v) is 10.9. The van der Waals surface area contributed by atoms with Crippen LogP contribution in [0.15, 0.2) is 36.4 Å². The average Bonchev–Trinajstić information content (AvgIpc) is 3.21. The van der Waals surface area contributed by atoms with Crippen LogP contribution in [0.3, 0.4) is 0 Å². The number of aromatic hydroxyl groups is 1. The zero-order chi connectivity index (χ0) is 22.5. The monoisotopic (exact) mass is 417 g/mol. The summed E-state index contributed by atoms with van der Waals surface area (Å²) in [5, 5.41) is 18.2. The van der Waals surface area contributed by atoms with Gasteiger partial charge >= 0.3 is 0 Å². The molecule has 0 fully saturated rings. The Labute approximate surface area is 184 Å². The maximum absolute atomic E-state index is 13.3. The Hall–Kier alpha value is -3.08. The van der Waals surface area contributed by atoms with E-state index in [0.717, 1.165) is 28.7 Å². The lowest BCUT2D eigenvalue weighted by Gasteiger charge is -2.27. The molecule has 0 bridgehead atoms. The lowest BCUT2D eigenvalue weighted by molar-refractivity contribution is 0.0744. The average molecular weight is 418 g/mol. The fraction of sp³-hybridized carbons (Fsp3) is 0.385. The summed E-state index contributed by atoms with van der Waals surface area (Å²) in [4.78, 5) is 15.2. The van der Waals surface area contributed by atoms with E-state index in [1.54, 1.807) is 6.07 Å². The Morgan fingerprint density at radius 2 is 1.81 bits per heavy atom. The summed E-state index contributed by atoms with van der Waals surface area (Å²) in [6, 6.07) is 12.1. The zero-order valence-electron chi connectivity index (χ0n) is 19.2. The molecule has 0 saturated carbocycles. The number of phenols is 1. The number of H-pyrrole nitrogens is 1. The van der Waals surface area contributed by atoms with E-state index < -0.39 is 0 Å². The minimum absolute atomic E-state index is 0.0373. The molecular weight excluding hydrogens is 386 g/mol. The number of carbonyl (C=O) groups is 1. The van der Waals surface area contributed by atoms with Crippen LogP contribution in [0.2, 0.25) is 0 Å². The van der Waals surface area contributed by atoms with E-state index >= 15 is 0 Å². The van der Waals surface area contributed by atoms with Crippen LogP contribution in [0.5, 0.6) is 5.75 Å². The van der Waals surface area contributed by atoms with Gasteiger partial charge in [-0.05, 0) is 54.0 Å². The van der Waals surface area contributed by atoms with Gasteiger partial charge in [-0.1, -0.05) is 58.0 Å². The van der Waals surface area contributed by atoms with E-state index in [1.165, 1.54) is 5.56 Å². The molecule has 4 rings (SSSR count). The third kappa shape index (κ3) is 3.52. The third-order valence-corrected chi connectivity index (χ3v) is 6.12. The van der Waals surface area contributed by atoms with Crippen molar-refractivity contribution in [1.82, 2.24) is 15.1 Å². The number of aromatic nitrogens is 2. The number of aromatic amines is 1. The van der Waals surface area contributed by atoms with Crippen LogP contribution in [0.4, 0.5) is 0 Å². The van der Waals surface area contributed by atoms with Gasteiger partial charge in [0, 0.05) is 17.7 Å². The molecular formula is C26H31N3O2. The summed E-state index contributed by atoms with van der Waals surface area (Å²) in [5.41, 5.74) is 7.01. The predicted molar refractivity (Wildman–Crippen MR) is 123 cm³/mol. The van der Waals surface area contributed by atoms with Gasteiger partial charge in [-0.3, -0.25) is 9.89 Å². The van der Waals surface area contributed by atoms with Crippen molar-refractivity contribution < 1.29 is 9.90 Å². The molecule has 162 valence electrons. The third-order valence-electron chi connectivity index (χ3n) is 6.12. The lowest BCUT2D eigenvalue weighted by Crippen LogP contribution is -2.30. The van der Waals surface area contributed by atoms with Crippen molar-refractivity contribution in [2.45, 2.75) is 59.4 Å². The molecule has 5 heteroatoms. The molecule has 1 aromatic heterocycles. The Bertz CT molecular complexity index is 1110. The molecule has 0 saturated heterocycles. The first kappa shape index (κ1) is 21.2. The largest absolute Gasteiger partial charge is 0.507 e. The fourth-order valence-corrected chi connectivity index (χ4v) is 4.62. The topological polar surface area (TPSA) is 69.2 Å². The minimum Gasteiger partial charge on any atom is -0.507 e. The normalized spacial score (nSPS) is 16.1. The van der Waals surface area contributed by atoms with E-state index in [9.17, 15) is 9.90 Å². The molecule has 5 nitrogen and oxygen atoms in total. The van der Waals surface area contributed by atoms with Crippen molar-refractivity contribution in [2.75, 3.05) is 6.54 Å². The molecule has 0 radical (unpaired) electrons. The Kier molecular flexibility index (Phi) is 5.16. The molecule has 1 unspecified atom stereocenters. The highest BCUT2D eigenvalue weighted by Gasteiger charge is 2.42. The van der Waals surface area contributed by atoms with Crippen LogP contribution in [0.1, 0.15) is 78.5 Å². The summed E-state index contributed by atoms with van der Waals surface area (Å²) >= 11 is 0. The number of carbonyl (C=O) groups excluding carboxylic acids is 1. The summed E-state index contributed by atoms with van der Waals surface area (Å²) < 4.78 is 0. The van der Waals surface area contributed by atoms with Crippen molar-refractivity contribution in [3.8, 4) is 17.0 Å². The molecule has 0 aliphatic carbocycles. The second-order valence-electron chi connectivity index (χ2n) is 9.61. The van der Waals surface area contributed by atoms with Crippen LogP contribution in [-0.4, -0.2) is 32.7 Å². The van der Waals surface area contributed by atoms with Crippen LogP contribution in [0.25, 0.3) is 11.3 Å². The molecule has 0 spiro atoms. The molecule has 1 amide bonds. The highest BCUT2D eigenvalue weighted by molar-refractivity contribution is 6.00. The first-order valence-electron chi connectivity index (χ1n) is 10.9. The maximum atomic E-state index is 13.3. The van der Waals surface area contributed by atoms with Crippen molar-refractivity contribution in [1.29, 1.82) is 0 Å². The number of nitrogens with one attached hydrogen (secondary N) is 1. The van der Waals surface area contributed by atoms with Gasteiger partial charge in [0.2, 0.25) is 0 Å². The predicted octanol–water partition coefficient (Wildman–Crippen LogP) is 5.65. The van der Waals surface area contributed by atoms with Crippen molar-refractivity contribution in [3.63, 3.8) is 0 Å². The Balaban J connectivity index is 1.90. The van der Waals surface area contributed by atoms with Gasteiger partial charge in [0.1, 0.15) is 17.1 Å². The lowest BCUT2D eigenvalue weighted by atomic mass is 9.85. The zero-order valence-corrected chi connectivity index (χ0v) is 19.2. The molecule has 3 aromatic rings. The molecule has 2 heterocycles. The highest BCUT2D eigenvalue weighted by Crippen LogP contribution is 2.45. The van der Waals surface area contributed by atoms with Crippen LogP contribution in [-0.2, 0) is 5.41 Å². The summed E-state index contributed by atoms with van der Waals surface area (Å²) in [6.07, 6.45) is 0.865. The van der Waals surface area contributed by atoms with Gasteiger partial charge in [0.05, 0.1) is 6.04 Å². The standard InChI is InChI=1S/C26H31N3O2/c1-7-12-29-24(17-8-10-18(11-9-17)26(4,5)6)21-22(27-28-23(21)25(29)31)20-16(3)13-15(2)14-19(20)30/h8-11,13-14,24,30H,7,12H2,1-6H3,(H,27,28). The van der Waals surface area contributed by atoms with Gasteiger partial charge in [0.25, 0.3) is 5.91 Å². The first-order chi connectivity index (χ1) is 14.6. The summed E-state index contributed by atoms with van der Waals surface area (Å²) in [5.74, 6) is 0.153. The summed E-state index contributed by atoms with van der Waals surface area (Å²) in [6.45, 7) is 13.2. The minimum atomic E-state index is -0.231. The van der Waals surface area contributed by atoms with Crippen LogP contribution >= 0.6 is 0 Å². The van der Waals surface area contributed by atoms with Crippen LogP contribution < -0.4 is 0 Å². The number of phenolic OH excluding ortho intramolecular Hbond substituents is 1. The van der Waals surface area contributed by atoms with Crippen molar-refractivity contribution in [2.24, 2.45) is 0 Å². The fourth-order valence-electron chi connectivity index (χ4n) is 4.62. The number of amides is 1. The van der Waals surface area contributed by atoms with Crippen molar-refractivity contribution >= 4 is 5.91 Å². The second-order valence-corrected chi connectivity index (χ2v) is 9.61. The molecule has 2 N–H and O–H groups in total. The van der Waals surface area contributed by atoms with E-state index in [0.29, 0.717) is 23.5 Å². The number of benzene rings is 2. The molecule has 2 aromatic carbocycles. The van der Waals surface area contributed by atoms with Gasteiger partial charge < -0.3 is 10.0 Å². The van der Waals surface area contributed by atoms with E-state index in [2.05, 4.69) is 62.2 Å². The molecule has 1 aliphatic rings. The Morgan fingerprint density at radius 1 is 1.13 bits per heavy atom. The number of aryl methyl sites for hydroxylation is 2. The van der Waals surface area contributed by atoms with E-state index in [-0.39, 0.29) is 23.1 Å². The number of rotatable bonds is 4. The van der Waals surface area contributed by atoms with Gasteiger partial charge in [0.15, 0.2) is 0 Å².